The maximum absolute atomic E-state index is 8.71. The Balaban J connectivity index is 2.67. The monoisotopic (exact) mass is 186 g/mol. The molecule has 0 aliphatic heterocycles. The van der Waals surface area contributed by atoms with E-state index >= 15 is 0 Å². The standard InChI is InChI=1S/C10H10N4/c1-7(2)10-13-12-9-5-8(6-11)3-4-14(9)10/h3-5,7H,1-2H3. The van der Waals surface area contributed by atoms with E-state index in [1.807, 2.05) is 10.6 Å². The molecule has 4 nitrogen and oxygen atoms in total. The minimum atomic E-state index is 0.331. The molecule has 0 aliphatic rings. The van der Waals surface area contributed by atoms with Gasteiger partial charge in [-0.05, 0) is 6.07 Å². The van der Waals surface area contributed by atoms with Crippen LogP contribution in [-0.2, 0) is 0 Å². The molecule has 0 radical (unpaired) electrons. The topological polar surface area (TPSA) is 54.0 Å². The molecule has 0 fully saturated rings. The van der Waals surface area contributed by atoms with Crippen molar-refractivity contribution in [3.8, 4) is 6.07 Å². The largest absolute Gasteiger partial charge is 0.286 e. The molecular formula is C10H10N4. The van der Waals surface area contributed by atoms with Gasteiger partial charge in [-0.1, -0.05) is 13.8 Å². The van der Waals surface area contributed by atoms with Gasteiger partial charge in [0.15, 0.2) is 5.65 Å². The summed E-state index contributed by atoms with van der Waals surface area (Å²) in [4.78, 5) is 0. The lowest BCUT2D eigenvalue weighted by Crippen LogP contribution is -1.96. The molecule has 0 saturated heterocycles. The third-order valence-corrected chi connectivity index (χ3v) is 2.08. The van der Waals surface area contributed by atoms with Crippen molar-refractivity contribution in [3.05, 3.63) is 29.7 Å². The van der Waals surface area contributed by atoms with Gasteiger partial charge in [0.05, 0.1) is 11.6 Å². The average molecular weight is 186 g/mol. The van der Waals surface area contributed by atoms with Crippen LogP contribution in [0.15, 0.2) is 18.3 Å². The summed E-state index contributed by atoms with van der Waals surface area (Å²) in [6, 6.07) is 5.58. The Labute approximate surface area is 81.8 Å². The fraction of sp³-hybridized carbons (Fsp3) is 0.300. The summed E-state index contributed by atoms with van der Waals surface area (Å²) in [6.45, 7) is 4.13. The molecule has 0 bridgehead atoms. The van der Waals surface area contributed by atoms with Crippen molar-refractivity contribution in [2.75, 3.05) is 0 Å². The van der Waals surface area contributed by atoms with Gasteiger partial charge >= 0.3 is 0 Å². The van der Waals surface area contributed by atoms with Crippen molar-refractivity contribution in [2.24, 2.45) is 0 Å². The normalized spacial score (nSPS) is 10.7. The van der Waals surface area contributed by atoms with Crippen LogP contribution in [0.25, 0.3) is 5.65 Å². The highest BCUT2D eigenvalue weighted by molar-refractivity contribution is 5.45. The van der Waals surface area contributed by atoms with E-state index in [2.05, 4.69) is 30.1 Å². The fourth-order valence-corrected chi connectivity index (χ4v) is 1.37. The number of fused-ring (bicyclic) bond motifs is 1. The summed E-state index contributed by atoms with van der Waals surface area (Å²) in [6.07, 6.45) is 1.84. The van der Waals surface area contributed by atoms with Gasteiger partial charge in [-0.15, -0.1) is 10.2 Å². The van der Waals surface area contributed by atoms with Gasteiger partial charge < -0.3 is 0 Å². The summed E-state index contributed by atoms with van der Waals surface area (Å²) >= 11 is 0. The quantitative estimate of drug-likeness (QED) is 0.681. The SMILES string of the molecule is CC(C)c1nnc2cc(C#N)ccn12. The van der Waals surface area contributed by atoms with Gasteiger partial charge in [0.1, 0.15) is 5.82 Å². The van der Waals surface area contributed by atoms with Crippen LogP contribution < -0.4 is 0 Å². The lowest BCUT2D eigenvalue weighted by atomic mass is 10.2. The molecule has 0 aromatic carbocycles. The second-order valence-corrected chi connectivity index (χ2v) is 3.47. The smallest absolute Gasteiger partial charge is 0.162 e. The van der Waals surface area contributed by atoms with E-state index in [-0.39, 0.29) is 0 Å². The Kier molecular flexibility index (Phi) is 1.93. The van der Waals surface area contributed by atoms with Crippen molar-refractivity contribution in [3.63, 3.8) is 0 Å². The molecule has 0 unspecified atom stereocenters. The van der Waals surface area contributed by atoms with Crippen LogP contribution in [0.4, 0.5) is 0 Å². The molecule has 0 saturated carbocycles. The number of nitrogens with zero attached hydrogens (tertiary/aromatic N) is 4. The van der Waals surface area contributed by atoms with Gasteiger partial charge in [0.25, 0.3) is 0 Å². The lowest BCUT2D eigenvalue weighted by molar-refractivity contribution is 0.759. The summed E-state index contributed by atoms with van der Waals surface area (Å²) in [5, 5.41) is 16.8. The van der Waals surface area contributed by atoms with Gasteiger partial charge in [0, 0.05) is 18.2 Å². The van der Waals surface area contributed by atoms with Crippen LogP contribution in [0.1, 0.15) is 31.2 Å². The Morgan fingerprint density at radius 2 is 2.21 bits per heavy atom. The Bertz CT molecular complexity index is 504. The molecule has 0 atom stereocenters. The molecule has 0 N–H and O–H groups in total. The Hall–Kier alpha value is -1.89. The maximum atomic E-state index is 8.71. The first-order valence-corrected chi connectivity index (χ1v) is 4.47. The molecule has 2 aromatic rings. The van der Waals surface area contributed by atoms with Gasteiger partial charge in [-0.2, -0.15) is 5.26 Å². The van der Waals surface area contributed by atoms with E-state index in [9.17, 15) is 0 Å². The summed E-state index contributed by atoms with van der Waals surface area (Å²) in [5.41, 5.74) is 1.34. The van der Waals surface area contributed by atoms with Crippen LogP contribution in [-0.4, -0.2) is 14.6 Å². The first kappa shape index (κ1) is 8.70. The molecule has 14 heavy (non-hydrogen) atoms. The van der Waals surface area contributed by atoms with Crippen molar-refractivity contribution < 1.29 is 0 Å². The molecule has 2 rings (SSSR count). The third-order valence-electron chi connectivity index (χ3n) is 2.08. The molecule has 4 heteroatoms. The zero-order valence-electron chi connectivity index (χ0n) is 8.10. The first-order valence-electron chi connectivity index (χ1n) is 4.47. The zero-order chi connectivity index (χ0) is 10.1. The van der Waals surface area contributed by atoms with Crippen molar-refractivity contribution in [1.29, 1.82) is 5.26 Å². The van der Waals surface area contributed by atoms with E-state index in [1.165, 1.54) is 0 Å². The second-order valence-electron chi connectivity index (χ2n) is 3.47. The second kappa shape index (κ2) is 3.11. The number of rotatable bonds is 1. The summed E-state index contributed by atoms with van der Waals surface area (Å²) < 4.78 is 1.91. The summed E-state index contributed by atoms with van der Waals surface area (Å²) in [5.74, 6) is 1.25. The van der Waals surface area contributed by atoms with E-state index < -0.39 is 0 Å². The number of hydrogen-bond acceptors (Lipinski definition) is 3. The van der Waals surface area contributed by atoms with Crippen LogP contribution in [0, 0.1) is 11.3 Å². The molecule has 0 amide bonds. The van der Waals surface area contributed by atoms with Gasteiger partial charge in [-0.3, -0.25) is 4.40 Å². The zero-order valence-corrected chi connectivity index (χ0v) is 8.10. The predicted octanol–water partition coefficient (Wildman–Crippen LogP) is 1.72. The van der Waals surface area contributed by atoms with Crippen LogP contribution >= 0.6 is 0 Å². The Morgan fingerprint density at radius 1 is 1.43 bits per heavy atom. The van der Waals surface area contributed by atoms with Crippen LogP contribution in [0.2, 0.25) is 0 Å². The molecule has 70 valence electrons. The van der Waals surface area contributed by atoms with Crippen molar-refractivity contribution >= 4 is 5.65 Å². The number of hydrogen-bond donors (Lipinski definition) is 0. The fourth-order valence-electron chi connectivity index (χ4n) is 1.37. The van der Waals surface area contributed by atoms with Gasteiger partial charge in [0.2, 0.25) is 0 Å². The molecule has 2 heterocycles. The van der Waals surface area contributed by atoms with Crippen molar-refractivity contribution in [1.82, 2.24) is 14.6 Å². The van der Waals surface area contributed by atoms with Gasteiger partial charge in [-0.25, -0.2) is 0 Å². The first-order chi connectivity index (χ1) is 6.72. The van der Waals surface area contributed by atoms with E-state index in [0.29, 0.717) is 11.5 Å². The lowest BCUT2D eigenvalue weighted by Gasteiger charge is -2.01. The van der Waals surface area contributed by atoms with Crippen molar-refractivity contribution in [2.45, 2.75) is 19.8 Å². The minimum Gasteiger partial charge on any atom is -0.286 e. The molecule has 0 aliphatic carbocycles. The highest BCUT2D eigenvalue weighted by Crippen LogP contribution is 2.13. The van der Waals surface area contributed by atoms with Crippen LogP contribution in [0.5, 0.6) is 0 Å². The number of pyridine rings is 1. The van der Waals surface area contributed by atoms with E-state index in [0.717, 1.165) is 11.5 Å². The number of nitriles is 1. The third kappa shape index (κ3) is 1.23. The molecule has 2 aromatic heterocycles. The predicted molar refractivity (Wildman–Crippen MR) is 51.8 cm³/mol. The summed E-state index contributed by atoms with van der Waals surface area (Å²) in [7, 11) is 0. The minimum absolute atomic E-state index is 0.331. The highest BCUT2D eigenvalue weighted by atomic mass is 15.2. The van der Waals surface area contributed by atoms with E-state index in [4.69, 9.17) is 5.26 Å². The maximum Gasteiger partial charge on any atom is 0.162 e. The van der Waals surface area contributed by atoms with Crippen LogP contribution in [0.3, 0.4) is 0 Å². The number of aromatic nitrogens is 3. The molecular weight excluding hydrogens is 176 g/mol. The highest BCUT2D eigenvalue weighted by Gasteiger charge is 2.08. The average Bonchev–Trinajstić information content (AvgIpc) is 2.59. The Morgan fingerprint density at radius 3 is 2.86 bits per heavy atom. The van der Waals surface area contributed by atoms with E-state index in [1.54, 1.807) is 12.1 Å². The molecule has 0 spiro atoms.